The van der Waals surface area contributed by atoms with Gasteiger partial charge in [-0.2, -0.15) is 0 Å². The van der Waals surface area contributed by atoms with Gasteiger partial charge in [-0.15, -0.1) is 5.06 Å². The van der Waals surface area contributed by atoms with Gasteiger partial charge in [0.25, 0.3) is 0 Å². The van der Waals surface area contributed by atoms with E-state index in [-0.39, 0.29) is 12.5 Å². The zero-order chi connectivity index (χ0) is 25.7. The Morgan fingerprint density at radius 2 is 1.47 bits per heavy atom. The summed E-state index contributed by atoms with van der Waals surface area (Å²) in [6.07, 6.45) is -1.21. The second kappa shape index (κ2) is 11.2. The van der Waals surface area contributed by atoms with Gasteiger partial charge in [-0.3, -0.25) is 4.79 Å². The van der Waals surface area contributed by atoms with E-state index in [0.29, 0.717) is 5.56 Å². The minimum atomic E-state index is -0.670. The van der Waals surface area contributed by atoms with Gasteiger partial charge < -0.3 is 9.57 Å². The zero-order valence-corrected chi connectivity index (χ0v) is 20.6. The third-order valence-corrected chi connectivity index (χ3v) is 6.59. The summed E-state index contributed by atoms with van der Waals surface area (Å²) in [5.74, 6) is -1.56. The van der Waals surface area contributed by atoms with E-state index in [1.807, 2.05) is 73.7 Å². The Hall–Kier alpha value is -3.97. The van der Waals surface area contributed by atoms with Crippen molar-refractivity contribution in [2.24, 2.45) is 5.92 Å². The number of hydroxylamine groups is 2. The molecule has 0 spiro atoms. The number of hydrogen-bond acceptors (Lipinski definition) is 6. The molecule has 2 amide bonds. The number of ether oxygens (including phenoxy) is 1. The van der Waals surface area contributed by atoms with Crippen LogP contribution in [0.2, 0.25) is 0 Å². The van der Waals surface area contributed by atoms with Crippen molar-refractivity contribution in [1.82, 2.24) is 9.96 Å². The van der Waals surface area contributed by atoms with Crippen molar-refractivity contribution in [2.45, 2.75) is 45.5 Å². The van der Waals surface area contributed by atoms with Crippen LogP contribution in [0, 0.1) is 5.92 Å². The van der Waals surface area contributed by atoms with E-state index in [9.17, 15) is 14.4 Å². The number of imide groups is 1. The summed E-state index contributed by atoms with van der Waals surface area (Å²) in [4.78, 5) is 46.1. The largest absolute Gasteiger partial charge is 0.439 e. The van der Waals surface area contributed by atoms with Gasteiger partial charge in [-0.05, 0) is 37.1 Å². The summed E-state index contributed by atoms with van der Waals surface area (Å²) >= 11 is 0. The Morgan fingerprint density at radius 1 is 0.917 bits per heavy atom. The minimum Gasteiger partial charge on any atom is -0.439 e. The third-order valence-electron chi connectivity index (χ3n) is 6.59. The molecule has 4 atom stereocenters. The van der Waals surface area contributed by atoms with Crippen molar-refractivity contribution < 1.29 is 24.0 Å². The number of nitrogens with zero attached hydrogens (tertiary/aromatic N) is 2. The molecule has 0 bridgehead atoms. The summed E-state index contributed by atoms with van der Waals surface area (Å²) in [6.45, 7) is 5.63. The highest BCUT2D eigenvalue weighted by molar-refractivity contribution is 5.95. The third kappa shape index (κ3) is 5.47. The van der Waals surface area contributed by atoms with Crippen LogP contribution in [-0.4, -0.2) is 40.0 Å². The normalized spacial score (nSPS) is 19.0. The Bertz CT molecular complexity index is 1190. The van der Waals surface area contributed by atoms with Crippen LogP contribution < -0.4 is 0 Å². The quantitative estimate of drug-likeness (QED) is 0.397. The van der Waals surface area contributed by atoms with Crippen LogP contribution in [0.25, 0.3) is 0 Å². The number of benzene rings is 3. The first-order valence-electron chi connectivity index (χ1n) is 12.0. The van der Waals surface area contributed by atoms with Gasteiger partial charge in [0.2, 0.25) is 5.91 Å². The topological polar surface area (TPSA) is 76.2 Å². The first-order valence-corrected chi connectivity index (χ1v) is 12.0. The Kier molecular flexibility index (Phi) is 7.80. The van der Waals surface area contributed by atoms with Crippen LogP contribution in [0.1, 0.15) is 48.4 Å². The maximum Gasteiger partial charge on any atom is 0.417 e. The molecule has 3 aromatic carbocycles. The van der Waals surface area contributed by atoms with Crippen molar-refractivity contribution >= 4 is 18.0 Å². The van der Waals surface area contributed by atoms with Crippen LogP contribution in [0.15, 0.2) is 91.0 Å². The van der Waals surface area contributed by atoms with E-state index in [4.69, 9.17) is 9.57 Å². The van der Waals surface area contributed by atoms with Crippen LogP contribution in [0.5, 0.6) is 0 Å². The van der Waals surface area contributed by atoms with Crippen LogP contribution in [0.4, 0.5) is 4.79 Å². The van der Waals surface area contributed by atoms with Gasteiger partial charge in [0, 0.05) is 0 Å². The number of carbonyl (C=O) groups is 3. The van der Waals surface area contributed by atoms with Gasteiger partial charge in [0.15, 0.2) is 0 Å². The highest BCUT2D eigenvalue weighted by atomic mass is 16.7. The number of carbonyl (C=O) groups excluding carboxylic acids is 3. The highest BCUT2D eigenvalue weighted by Gasteiger charge is 2.46. The van der Waals surface area contributed by atoms with Crippen molar-refractivity contribution in [1.29, 1.82) is 0 Å². The number of rotatable bonds is 8. The molecule has 0 aliphatic carbocycles. The molecule has 4 rings (SSSR count). The number of amides is 2. The minimum absolute atomic E-state index is 0.283. The van der Waals surface area contributed by atoms with Crippen molar-refractivity contribution in [3.63, 3.8) is 0 Å². The van der Waals surface area contributed by atoms with E-state index in [0.717, 1.165) is 11.1 Å². The molecule has 0 aromatic heterocycles. The van der Waals surface area contributed by atoms with E-state index < -0.39 is 36.2 Å². The lowest BCUT2D eigenvalue weighted by atomic mass is 9.98. The van der Waals surface area contributed by atoms with Gasteiger partial charge in [0.1, 0.15) is 6.10 Å². The predicted molar refractivity (Wildman–Crippen MR) is 134 cm³/mol. The summed E-state index contributed by atoms with van der Waals surface area (Å²) in [6, 6.07) is 26.6. The maximum absolute atomic E-state index is 13.6. The first-order chi connectivity index (χ1) is 17.4. The predicted octanol–water partition coefficient (Wildman–Crippen LogP) is 5.39. The fourth-order valence-electron chi connectivity index (χ4n) is 4.28. The van der Waals surface area contributed by atoms with Gasteiger partial charge in [0.05, 0.1) is 30.1 Å². The molecular formula is C29H30N2O5. The molecular weight excluding hydrogens is 456 g/mol. The van der Waals surface area contributed by atoms with E-state index >= 15 is 0 Å². The molecule has 1 fully saturated rings. The number of hydrogen-bond donors (Lipinski definition) is 0. The van der Waals surface area contributed by atoms with E-state index in [1.54, 1.807) is 38.1 Å². The fraction of sp³-hybridized carbons (Fsp3) is 0.276. The summed E-state index contributed by atoms with van der Waals surface area (Å²) in [5, 5.41) is 1.51. The van der Waals surface area contributed by atoms with Crippen molar-refractivity contribution in [3.05, 3.63) is 108 Å². The zero-order valence-electron chi connectivity index (χ0n) is 20.6. The summed E-state index contributed by atoms with van der Waals surface area (Å²) < 4.78 is 5.57. The Balaban J connectivity index is 1.53. The lowest BCUT2D eigenvalue weighted by molar-refractivity contribution is -0.163. The van der Waals surface area contributed by atoms with Crippen LogP contribution >= 0.6 is 0 Å². The number of cyclic esters (lactones) is 1. The molecule has 1 aliphatic heterocycles. The molecule has 7 heteroatoms. The van der Waals surface area contributed by atoms with Crippen LogP contribution in [0.3, 0.4) is 0 Å². The molecule has 186 valence electrons. The molecule has 0 saturated carbocycles. The van der Waals surface area contributed by atoms with Crippen molar-refractivity contribution in [2.75, 3.05) is 0 Å². The summed E-state index contributed by atoms with van der Waals surface area (Å²) in [5.41, 5.74) is 2.16. The van der Waals surface area contributed by atoms with Gasteiger partial charge in [-0.25, -0.2) is 14.5 Å². The molecule has 7 nitrogen and oxygen atoms in total. The molecule has 0 unspecified atom stereocenters. The first kappa shape index (κ1) is 25.1. The smallest absolute Gasteiger partial charge is 0.417 e. The Morgan fingerprint density at radius 3 is 2.08 bits per heavy atom. The van der Waals surface area contributed by atoms with E-state index in [2.05, 4.69) is 0 Å². The molecule has 1 saturated heterocycles. The lowest BCUT2D eigenvalue weighted by Gasteiger charge is -2.32. The molecule has 36 heavy (non-hydrogen) atoms. The molecule has 1 aliphatic rings. The standard InChI is InChI=1S/C29H30N2O5/c1-20(27(32)31-22(3)26(35-29(31)34)24-15-9-5-10-16-24)21(2)30(19-23-13-7-4-8-14-23)36-28(33)25-17-11-6-12-18-25/h4-18,20-22,26H,19H2,1-3H3/t20-,21-,22+,26+/m0/s1. The van der Waals surface area contributed by atoms with Crippen LogP contribution in [-0.2, 0) is 20.9 Å². The molecule has 1 heterocycles. The van der Waals surface area contributed by atoms with Gasteiger partial charge in [-0.1, -0.05) is 85.8 Å². The average molecular weight is 487 g/mol. The molecule has 3 aromatic rings. The monoisotopic (exact) mass is 486 g/mol. The summed E-state index contributed by atoms with van der Waals surface area (Å²) in [7, 11) is 0. The second-order valence-corrected chi connectivity index (χ2v) is 9.00. The SMILES string of the molecule is C[C@H](C(=O)N1C(=O)O[C@@H](c2ccccc2)[C@H]1C)[C@H](C)N(Cc1ccccc1)OC(=O)c1ccccc1. The highest BCUT2D eigenvalue weighted by Crippen LogP contribution is 2.34. The average Bonchev–Trinajstić information content (AvgIpc) is 3.22. The Labute approximate surface area is 211 Å². The van der Waals surface area contributed by atoms with Crippen molar-refractivity contribution in [3.8, 4) is 0 Å². The lowest BCUT2D eigenvalue weighted by Crippen LogP contribution is -2.48. The molecule has 0 radical (unpaired) electrons. The second-order valence-electron chi connectivity index (χ2n) is 9.00. The maximum atomic E-state index is 13.6. The van der Waals surface area contributed by atoms with Gasteiger partial charge >= 0.3 is 12.1 Å². The van der Waals surface area contributed by atoms with E-state index in [1.165, 1.54) is 9.96 Å². The fourth-order valence-corrected chi connectivity index (χ4v) is 4.28. The molecule has 0 N–H and O–H groups in total.